The third-order valence-corrected chi connectivity index (χ3v) is 7.05. The van der Waals surface area contributed by atoms with Crippen molar-refractivity contribution in [3.8, 4) is 11.8 Å². The summed E-state index contributed by atoms with van der Waals surface area (Å²) in [5.41, 5.74) is -0.525. The summed E-state index contributed by atoms with van der Waals surface area (Å²) in [5, 5.41) is 8.77. The topological polar surface area (TPSA) is 50.1 Å². The molecule has 0 bridgehead atoms. The second-order valence-electron chi connectivity index (χ2n) is 9.54. The number of rotatable bonds is 9. The third kappa shape index (κ3) is 6.62. The molecule has 1 aliphatic rings. The van der Waals surface area contributed by atoms with Gasteiger partial charge in [-0.15, -0.1) is 0 Å². The minimum atomic E-state index is -1.25. The number of hydrogen-bond acceptors (Lipinski definition) is 3. The molecule has 3 rings (SSSR count). The fraction of sp³-hybridized carbons (Fsp3) is 0.500. The lowest BCUT2D eigenvalue weighted by Gasteiger charge is -2.32. The number of hydrogen-bond donors (Lipinski definition) is 0. The molecule has 1 aliphatic carbocycles. The number of benzene rings is 2. The van der Waals surface area contributed by atoms with E-state index in [0.717, 1.165) is 30.9 Å². The van der Waals surface area contributed by atoms with Crippen LogP contribution in [0.1, 0.15) is 86.7 Å². The average Bonchev–Trinajstić information content (AvgIpc) is 2.79. The molecule has 0 saturated heterocycles. The number of carbonyl (C=O) groups excluding carboxylic acids is 1. The number of unbranched alkanes of at least 4 members (excludes halogenated alkanes) is 2. The average molecular weight is 472 g/mol. The summed E-state index contributed by atoms with van der Waals surface area (Å²) in [6.07, 6.45) is 10.4. The van der Waals surface area contributed by atoms with Crippen LogP contribution >= 0.6 is 0 Å². The van der Waals surface area contributed by atoms with E-state index in [1.807, 2.05) is 0 Å². The van der Waals surface area contributed by atoms with E-state index in [-0.39, 0.29) is 17.2 Å². The Morgan fingerprint density at radius 2 is 1.74 bits per heavy atom. The minimum absolute atomic E-state index is 0.222. The Labute approximate surface area is 199 Å². The zero-order chi connectivity index (χ0) is 24.7. The van der Waals surface area contributed by atoms with E-state index in [9.17, 15) is 18.0 Å². The first-order chi connectivity index (χ1) is 16.3. The molecular weight excluding hydrogens is 439 g/mol. The van der Waals surface area contributed by atoms with E-state index >= 15 is 0 Å². The molecule has 0 aromatic heterocycles. The van der Waals surface area contributed by atoms with Gasteiger partial charge in [0, 0.05) is 6.07 Å². The zero-order valence-corrected chi connectivity index (χ0v) is 19.9. The zero-order valence-electron chi connectivity index (χ0n) is 19.9. The maximum Gasteiger partial charge on any atom is 0.349 e. The number of nitriles is 1. The van der Waals surface area contributed by atoms with E-state index in [4.69, 9.17) is 10.00 Å². The van der Waals surface area contributed by atoms with Gasteiger partial charge in [-0.2, -0.15) is 5.26 Å². The summed E-state index contributed by atoms with van der Waals surface area (Å²) in [7, 11) is 0. The third-order valence-electron chi connectivity index (χ3n) is 7.05. The molecule has 2 aromatic rings. The molecule has 2 aromatic carbocycles. The molecule has 1 fully saturated rings. The Balaban J connectivity index is 1.60. The summed E-state index contributed by atoms with van der Waals surface area (Å²) in [6.45, 7) is 4.34. The molecule has 1 saturated carbocycles. The van der Waals surface area contributed by atoms with E-state index in [1.54, 1.807) is 6.07 Å². The van der Waals surface area contributed by atoms with Crippen molar-refractivity contribution in [2.45, 2.75) is 71.6 Å². The molecule has 0 N–H and O–H groups in total. The highest BCUT2D eigenvalue weighted by atomic mass is 19.1. The highest BCUT2D eigenvalue weighted by molar-refractivity contribution is 5.91. The summed E-state index contributed by atoms with van der Waals surface area (Å²) >= 11 is 0. The van der Waals surface area contributed by atoms with Gasteiger partial charge < -0.3 is 4.74 Å². The van der Waals surface area contributed by atoms with Gasteiger partial charge in [-0.25, -0.2) is 18.0 Å². The molecular formula is C28H32F3NO2. The van der Waals surface area contributed by atoms with Crippen molar-refractivity contribution >= 4 is 5.97 Å². The van der Waals surface area contributed by atoms with Gasteiger partial charge in [0.15, 0.2) is 0 Å². The Morgan fingerprint density at radius 3 is 2.32 bits per heavy atom. The van der Waals surface area contributed by atoms with Gasteiger partial charge in [-0.1, -0.05) is 52.4 Å². The molecule has 0 spiro atoms. The van der Waals surface area contributed by atoms with Crippen LogP contribution in [0, 0.1) is 46.5 Å². The number of nitrogens with zero attached hydrogens (tertiary/aromatic N) is 1. The normalized spacial score (nSPS) is 18.8. The van der Waals surface area contributed by atoms with Gasteiger partial charge in [0.25, 0.3) is 0 Å². The summed E-state index contributed by atoms with van der Waals surface area (Å²) in [6, 6.07) is 7.19. The predicted octanol–water partition coefficient (Wildman–Crippen LogP) is 7.76. The largest absolute Gasteiger partial charge is 0.423 e. The van der Waals surface area contributed by atoms with Gasteiger partial charge in [0.2, 0.25) is 0 Å². The molecule has 3 nitrogen and oxygen atoms in total. The van der Waals surface area contributed by atoms with Crippen LogP contribution in [-0.4, -0.2) is 5.97 Å². The molecule has 0 amide bonds. The summed E-state index contributed by atoms with van der Waals surface area (Å²) in [4.78, 5) is 12.3. The smallest absolute Gasteiger partial charge is 0.349 e. The highest BCUT2D eigenvalue weighted by Gasteiger charge is 2.27. The summed E-state index contributed by atoms with van der Waals surface area (Å²) < 4.78 is 48.0. The van der Waals surface area contributed by atoms with Gasteiger partial charge in [0.05, 0.1) is 5.56 Å². The monoisotopic (exact) mass is 471 g/mol. The van der Waals surface area contributed by atoms with Crippen LogP contribution in [-0.2, 0) is 6.42 Å². The first-order valence-corrected chi connectivity index (χ1v) is 12.2. The lowest BCUT2D eigenvalue weighted by atomic mass is 9.73. The van der Waals surface area contributed by atoms with E-state index in [0.29, 0.717) is 17.9 Å². The Kier molecular flexibility index (Phi) is 9.15. The SMILES string of the molecule is CCCCCC1CCC(C(C)Cc2cc(F)c(C(=O)Oc3ccc(C#N)c(F)c3)c(F)c2)CC1. The summed E-state index contributed by atoms with van der Waals surface area (Å²) in [5.74, 6) is -2.74. The van der Waals surface area contributed by atoms with Crippen LogP contribution in [0.25, 0.3) is 0 Å². The Morgan fingerprint density at radius 1 is 1.06 bits per heavy atom. The fourth-order valence-corrected chi connectivity index (χ4v) is 5.01. The minimum Gasteiger partial charge on any atom is -0.423 e. The number of ether oxygens (including phenoxy) is 1. The van der Waals surface area contributed by atoms with Crippen LogP contribution in [0.5, 0.6) is 5.75 Å². The number of carbonyl (C=O) groups is 1. The first-order valence-electron chi connectivity index (χ1n) is 12.2. The van der Waals surface area contributed by atoms with Gasteiger partial charge in [-0.05, 0) is 66.8 Å². The number of esters is 1. The van der Waals surface area contributed by atoms with Gasteiger partial charge in [-0.3, -0.25) is 0 Å². The molecule has 34 heavy (non-hydrogen) atoms. The lowest BCUT2D eigenvalue weighted by Crippen LogP contribution is -2.22. The fourth-order valence-electron chi connectivity index (χ4n) is 5.01. The van der Waals surface area contributed by atoms with Crippen LogP contribution in [0.4, 0.5) is 13.2 Å². The molecule has 0 radical (unpaired) electrons. The Hall–Kier alpha value is -2.81. The van der Waals surface area contributed by atoms with Crippen molar-refractivity contribution in [1.82, 2.24) is 0 Å². The van der Waals surface area contributed by atoms with Crippen molar-refractivity contribution in [2.24, 2.45) is 17.8 Å². The molecule has 1 atom stereocenters. The maximum absolute atomic E-state index is 14.7. The first kappa shape index (κ1) is 25.8. The van der Waals surface area contributed by atoms with Crippen LogP contribution in [0.3, 0.4) is 0 Å². The maximum atomic E-state index is 14.7. The van der Waals surface area contributed by atoms with Crippen molar-refractivity contribution < 1.29 is 22.7 Å². The standard InChI is InChI=1S/C28H32F3NO2/c1-3-4-5-6-19-7-9-21(10-8-19)18(2)13-20-14-25(30)27(26(31)15-20)28(33)34-23-12-11-22(17-32)24(29)16-23/h11-12,14-16,18-19,21H,3-10,13H2,1-2H3. The van der Waals surface area contributed by atoms with E-state index < -0.39 is 29.0 Å². The van der Waals surface area contributed by atoms with Gasteiger partial charge >= 0.3 is 5.97 Å². The van der Waals surface area contributed by atoms with Crippen molar-refractivity contribution in [3.05, 3.63) is 64.5 Å². The Bertz CT molecular complexity index is 1020. The van der Waals surface area contributed by atoms with Crippen LogP contribution in [0.2, 0.25) is 0 Å². The van der Waals surface area contributed by atoms with Crippen molar-refractivity contribution in [1.29, 1.82) is 5.26 Å². The molecule has 1 unspecified atom stereocenters. The number of halogens is 3. The lowest BCUT2D eigenvalue weighted by molar-refractivity contribution is 0.0724. The van der Waals surface area contributed by atoms with Crippen LogP contribution < -0.4 is 4.74 Å². The second-order valence-corrected chi connectivity index (χ2v) is 9.54. The second kappa shape index (κ2) is 12.1. The van der Waals surface area contributed by atoms with E-state index in [2.05, 4.69) is 13.8 Å². The quantitative estimate of drug-likeness (QED) is 0.213. The van der Waals surface area contributed by atoms with Crippen LogP contribution in [0.15, 0.2) is 30.3 Å². The molecule has 182 valence electrons. The predicted molar refractivity (Wildman–Crippen MR) is 125 cm³/mol. The molecule has 0 heterocycles. The van der Waals surface area contributed by atoms with Gasteiger partial charge in [0.1, 0.15) is 34.8 Å². The van der Waals surface area contributed by atoms with Crippen molar-refractivity contribution in [3.63, 3.8) is 0 Å². The molecule has 6 heteroatoms. The highest BCUT2D eigenvalue weighted by Crippen LogP contribution is 2.37. The van der Waals surface area contributed by atoms with E-state index in [1.165, 1.54) is 56.7 Å². The van der Waals surface area contributed by atoms with Crippen molar-refractivity contribution in [2.75, 3.05) is 0 Å². The molecule has 0 aliphatic heterocycles.